The second kappa shape index (κ2) is 10.3. The first-order chi connectivity index (χ1) is 12.0. The summed E-state index contributed by atoms with van der Waals surface area (Å²) in [5, 5.41) is 17.0. The van der Waals surface area contributed by atoms with E-state index in [1.54, 1.807) is 0 Å². The molecule has 0 saturated carbocycles. The average Bonchev–Trinajstić information content (AvgIpc) is 2.53. The van der Waals surface area contributed by atoms with Gasteiger partial charge >= 0.3 is 0 Å². The van der Waals surface area contributed by atoms with E-state index in [1.165, 1.54) is 32.1 Å². The molecular weight excluding hydrogens is 316 g/mol. The largest absolute Gasteiger partial charge is 0.389 e. The number of nitrogens with zero attached hydrogens (tertiary/aromatic N) is 2. The van der Waals surface area contributed by atoms with Crippen molar-refractivity contribution in [1.82, 2.24) is 15.5 Å². The summed E-state index contributed by atoms with van der Waals surface area (Å²) in [5.74, 6) is 1.30. The Hall–Kier alpha value is -0.850. The first-order valence-electron chi connectivity index (χ1n) is 10.0. The van der Waals surface area contributed by atoms with Gasteiger partial charge in [0.25, 0.3) is 0 Å². The summed E-state index contributed by atoms with van der Waals surface area (Å²) < 4.78 is 5.50. The Balaban J connectivity index is 1.81. The van der Waals surface area contributed by atoms with Crippen molar-refractivity contribution in [2.75, 3.05) is 33.4 Å². The van der Waals surface area contributed by atoms with E-state index < -0.39 is 6.10 Å². The quantitative estimate of drug-likeness (QED) is 0.456. The van der Waals surface area contributed by atoms with Crippen LogP contribution in [0.1, 0.15) is 52.9 Å². The van der Waals surface area contributed by atoms with Crippen molar-refractivity contribution in [2.24, 2.45) is 10.9 Å². The minimum absolute atomic E-state index is 0.347. The van der Waals surface area contributed by atoms with Gasteiger partial charge in [0.1, 0.15) is 0 Å². The molecule has 0 amide bonds. The van der Waals surface area contributed by atoms with Gasteiger partial charge in [0, 0.05) is 31.3 Å². The van der Waals surface area contributed by atoms with E-state index in [0.717, 1.165) is 12.5 Å². The molecule has 3 unspecified atom stereocenters. The lowest BCUT2D eigenvalue weighted by atomic mass is 9.82. The predicted octanol–water partition coefficient (Wildman–Crippen LogP) is 1.59. The number of nitrogens with one attached hydrogen (secondary N) is 2. The third-order valence-electron chi connectivity index (χ3n) is 5.25. The summed E-state index contributed by atoms with van der Waals surface area (Å²) >= 11 is 0. The van der Waals surface area contributed by atoms with Gasteiger partial charge in [-0.2, -0.15) is 0 Å². The maximum absolute atomic E-state index is 10.1. The molecule has 2 fully saturated rings. The van der Waals surface area contributed by atoms with Crippen molar-refractivity contribution in [1.29, 1.82) is 0 Å². The second-order valence-electron chi connectivity index (χ2n) is 8.02. The minimum Gasteiger partial charge on any atom is -0.389 e. The van der Waals surface area contributed by atoms with Crippen molar-refractivity contribution >= 4 is 5.96 Å². The Labute approximate surface area is 153 Å². The van der Waals surface area contributed by atoms with Gasteiger partial charge in [0.05, 0.1) is 19.3 Å². The van der Waals surface area contributed by atoms with Crippen molar-refractivity contribution < 1.29 is 9.84 Å². The van der Waals surface area contributed by atoms with Crippen molar-refractivity contribution in [3.05, 3.63) is 0 Å². The number of aliphatic imine (C=N–C) groups is 1. The molecule has 0 spiro atoms. The van der Waals surface area contributed by atoms with Crippen LogP contribution in [0.3, 0.4) is 0 Å². The molecular formula is C19H38N4O2. The summed E-state index contributed by atoms with van der Waals surface area (Å²) in [6.45, 7) is 8.50. The van der Waals surface area contributed by atoms with Gasteiger partial charge < -0.3 is 25.4 Å². The smallest absolute Gasteiger partial charge is 0.191 e. The van der Waals surface area contributed by atoms with Crippen LogP contribution < -0.4 is 10.6 Å². The molecule has 2 rings (SSSR count). The van der Waals surface area contributed by atoms with Gasteiger partial charge in [-0.25, -0.2) is 0 Å². The highest BCUT2D eigenvalue weighted by atomic mass is 16.5. The summed E-state index contributed by atoms with van der Waals surface area (Å²) in [4.78, 5) is 7.14. The fourth-order valence-electron chi connectivity index (χ4n) is 3.94. The summed E-state index contributed by atoms with van der Waals surface area (Å²) in [6.07, 6.45) is 5.79. The third-order valence-corrected chi connectivity index (χ3v) is 5.25. The Morgan fingerprint density at radius 2 is 1.92 bits per heavy atom. The normalized spacial score (nSPS) is 28.9. The fourth-order valence-corrected chi connectivity index (χ4v) is 3.94. The first kappa shape index (κ1) is 20.5. The van der Waals surface area contributed by atoms with E-state index >= 15 is 0 Å². The first-order valence-corrected chi connectivity index (χ1v) is 10.0. The van der Waals surface area contributed by atoms with Crippen LogP contribution in [0.4, 0.5) is 0 Å². The number of rotatable bonds is 8. The lowest BCUT2D eigenvalue weighted by Crippen LogP contribution is -2.56. The number of hydrogen-bond donors (Lipinski definition) is 3. The Morgan fingerprint density at radius 1 is 1.24 bits per heavy atom. The second-order valence-corrected chi connectivity index (χ2v) is 8.02. The van der Waals surface area contributed by atoms with Gasteiger partial charge in [0.15, 0.2) is 5.96 Å². The number of aliphatic hydroxyl groups is 1. The topological polar surface area (TPSA) is 69.1 Å². The van der Waals surface area contributed by atoms with E-state index in [0.29, 0.717) is 43.8 Å². The lowest BCUT2D eigenvalue weighted by Gasteiger charge is -2.47. The molecule has 6 heteroatoms. The number of aliphatic hydroxyl groups excluding tert-OH is 1. The Morgan fingerprint density at radius 3 is 2.52 bits per heavy atom. The van der Waals surface area contributed by atoms with Gasteiger partial charge in [-0.3, -0.25) is 4.99 Å². The molecule has 6 nitrogen and oxygen atoms in total. The molecule has 0 radical (unpaired) electrons. The zero-order valence-electron chi connectivity index (χ0n) is 16.5. The zero-order chi connectivity index (χ0) is 18.2. The van der Waals surface area contributed by atoms with Crippen molar-refractivity contribution in [3.8, 4) is 0 Å². The van der Waals surface area contributed by atoms with Crippen LogP contribution in [-0.2, 0) is 4.74 Å². The molecule has 2 saturated heterocycles. The highest BCUT2D eigenvalue weighted by Crippen LogP contribution is 2.32. The van der Waals surface area contributed by atoms with E-state index in [-0.39, 0.29) is 0 Å². The molecule has 146 valence electrons. The van der Waals surface area contributed by atoms with Crippen LogP contribution in [0.2, 0.25) is 0 Å². The summed E-state index contributed by atoms with van der Waals surface area (Å²) in [7, 11) is 2.28. The third kappa shape index (κ3) is 6.76. The number of piperidine rings is 2. The predicted molar refractivity (Wildman–Crippen MR) is 103 cm³/mol. The molecule has 2 aliphatic heterocycles. The molecule has 2 aliphatic rings. The standard InChI is InChI=1S/C19H38N4O2/c1-5-20-19(21-11-18(24)13-25-12-14(2)3)22-15-9-16-7-6-8-17(10-15)23(16)4/h14-18,24H,5-13H2,1-4H3,(H2,20,21,22). The van der Waals surface area contributed by atoms with Crippen molar-refractivity contribution in [3.63, 3.8) is 0 Å². The number of ether oxygens (including phenoxy) is 1. The summed E-state index contributed by atoms with van der Waals surface area (Å²) in [5.41, 5.74) is 0. The minimum atomic E-state index is -0.550. The molecule has 0 aromatic heterocycles. The zero-order valence-corrected chi connectivity index (χ0v) is 16.5. The maximum atomic E-state index is 10.1. The maximum Gasteiger partial charge on any atom is 0.191 e. The SMILES string of the molecule is CCNC(=NCC(O)COCC(C)C)NC1CC2CCCC(C1)N2C. The molecule has 3 atom stereocenters. The van der Waals surface area contributed by atoms with Gasteiger partial charge in [0.2, 0.25) is 0 Å². The van der Waals surface area contributed by atoms with Crippen LogP contribution in [-0.4, -0.2) is 73.5 Å². The number of fused-ring (bicyclic) bond motifs is 2. The molecule has 25 heavy (non-hydrogen) atoms. The van der Waals surface area contributed by atoms with Crippen LogP contribution >= 0.6 is 0 Å². The number of guanidine groups is 1. The Bertz CT molecular complexity index is 402. The highest BCUT2D eigenvalue weighted by Gasteiger charge is 2.36. The molecule has 2 bridgehead atoms. The van der Waals surface area contributed by atoms with Gasteiger partial charge in [-0.15, -0.1) is 0 Å². The number of hydrogen-bond acceptors (Lipinski definition) is 4. The van der Waals surface area contributed by atoms with E-state index in [4.69, 9.17) is 4.74 Å². The van der Waals surface area contributed by atoms with Crippen molar-refractivity contribution in [2.45, 2.75) is 77.1 Å². The van der Waals surface area contributed by atoms with Crippen LogP contribution in [0.5, 0.6) is 0 Å². The Kier molecular flexibility index (Phi) is 8.46. The van der Waals surface area contributed by atoms with E-state index in [1.807, 2.05) is 0 Å². The molecule has 0 aliphatic carbocycles. The van der Waals surface area contributed by atoms with Crippen LogP contribution in [0.15, 0.2) is 4.99 Å². The van der Waals surface area contributed by atoms with Gasteiger partial charge in [-0.1, -0.05) is 20.3 Å². The highest BCUT2D eigenvalue weighted by molar-refractivity contribution is 5.80. The molecule has 2 heterocycles. The molecule has 3 N–H and O–H groups in total. The monoisotopic (exact) mass is 354 g/mol. The van der Waals surface area contributed by atoms with Gasteiger partial charge in [-0.05, 0) is 45.6 Å². The lowest BCUT2D eigenvalue weighted by molar-refractivity contribution is 0.0300. The average molecular weight is 355 g/mol. The van der Waals surface area contributed by atoms with Crippen LogP contribution in [0, 0.1) is 5.92 Å². The molecule has 0 aromatic rings. The fraction of sp³-hybridized carbons (Fsp3) is 0.947. The van der Waals surface area contributed by atoms with E-state index in [2.05, 4.69) is 48.3 Å². The molecule has 0 aromatic carbocycles. The van der Waals surface area contributed by atoms with E-state index in [9.17, 15) is 5.11 Å². The van der Waals surface area contributed by atoms with Crippen LogP contribution in [0.25, 0.3) is 0 Å². The summed E-state index contributed by atoms with van der Waals surface area (Å²) in [6, 6.07) is 1.87.